The second-order valence-electron chi connectivity index (χ2n) is 14.9. The van der Waals surface area contributed by atoms with Gasteiger partial charge < -0.3 is 39.1 Å². The van der Waals surface area contributed by atoms with E-state index in [9.17, 15) is 19.8 Å². The average molecular weight is 737 g/mol. The summed E-state index contributed by atoms with van der Waals surface area (Å²) in [6.45, 7) is 4.36. The highest BCUT2D eigenvalue weighted by molar-refractivity contribution is 6.08. The first kappa shape index (κ1) is 38.7. The molecule has 2 amide bonds. The third-order valence-corrected chi connectivity index (χ3v) is 11.6. The number of ketones is 1. The number of carbonyl (C=O) groups is 2. The van der Waals surface area contributed by atoms with Crippen LogP contribution in [0.5, 0.6) is 17.2 Å². The number of nitrogens with one attached hydrogen (secondary N) is 1. The molecule has 3 aromatic carbocycles. The molecule has 3 aliphatic rings. The monoisotopic (exact) mass is 736 g/mol. The van der Waals surface area contributed by atoms with Gasteiger partial charge in [-0.2, -0.15) is 0 Å². The predicted octanol–water partition coefficient (Wildman–Crippen LogP) is 8.31. The number of benzene rings is 3. The quantitative estimate of drug-likeness (QED) is 0.110. The van der Waals surface area contributed by atoms with Crippen molar-refractivity contribution < 1.29 is 38.4 Å². The summed E-state index contributed by atoms with van der Waals surface area (Å²) in [4.78, 5) is 30.1. The van der Waals surface area contributed by atoms with E-state index in [0.29, 0.717) is 67.0 Å². The van der Waals surface area contributed by atoms with E-state index in [2.05, 4.69) is 25.2 Å². The van der Waals surface area contributed by atoms with Gasteiger partial charge in [-0.15, -0.1) is 0 Å². The van der Waals surface area contributed by atoms with Gasteiger partial charge in [0.05, 0.1) is 52.4 Å². The SMILES string of the molecule is COc1ccc(NC(=O)N(Cc2ccc(OC)cc2OC)CC2(O)CCC3c4ccc(cc4C(=O)c4ccco4)CC(O)CCC(C)=CCCC32C)cc1. The number of fused-ring (bicyclic) bond motifs is 8. The molecule has 1 aromatic heterocycles. The number of allylic oxidation sites excluding steroid dienone is 2. The molecular formula is C44H52N2O8. The Bertz CT molecular complexity index is 1960. The van der Waals surface area contributed by atoms with Gasteiger partial charge in [-0.25, -0.2) is 4.79 Å². The lowest BCUT2D eigenvalue weighted by Gasteiger charge is -2.46. The zero-order valence-electron chi connectivity index (χ0n) is 31.9. The summed E-state index contributed by atoms with van der Waals surface area (Å²) < 4.78 is 22.1. The maximum atomic E-state index is 14.3. The lowest BCUT2D eigenvalue weighted by atomic mass is 9.64. The topological polar surface area (TPSA) is 131 Å². The van der Waals surface area contributed by atoms with E-state index >= 15 is 0 Å². The fourth-order valence-corrected chi connectivity index (χ4v) is 8.32. The predicted molar refractivity (Wildman–Crippen MR) is 208 cm³/mol. The molecule has 1 heterocycles. The number of carbonyl (C=O) groups excluding carboxylic acids is 2. The molecule has 4 atom stereocenters. The van der Waals surface area contributed by atoms with Gasteiger partial charge in [0.2, 0.25) is 5.78 Å². The molecule has 0 radical (unpaired) electrons. The van der Waals surface area contributed by atoms with E-state index < -0.39 is 17.1 Å². The van der Waals surface area contributed by atoms with Crippen LogP contribution in [0.2, 0.25) is 0 Å². The normalized spacial score (nSPS) is 22.8. The van der Waals surface area contributed by atoms with Crippen molar-refractivity contribution in [3.63, 3.8) is 0 Å². The van der Waals surface area contributed by atoms with Crippen LogP contribution in [0, 0.1) is 5.41 Å². The third kappa shape index (κ3) is 8.20. The van der Waals surface area contributed by atoms with Crippen LogP contribution in [-0.2, 0) is 13.0 Å². The van der Waals surface area contributed by atoms with Crippen LogP contribution in [-0.4, -0.2) is 66.5 Å². The minimum atomic E-state index is -1.35. The number of methoxy groups -OCH3 is 3. The Hall–Kier alpha value is -5.06. The average Bonchev–Trinajstić information content (AvgIpc) is 3.80. The van der Waals surface area contributed by atoms with Crippen molar-refractivity contribution in [1.82, 2.24) is 4.90 Å². The van der Waals surface area contributed by atoms with Gasteiger partial charge in [0.15, 0.2) is 5.76 Å². The maximum absolute atomic E-state index is 14.3. The molecule has 286 valence electrons. The van der Waals surface area contributed by atoms with Crippen LogP contribution in [0.25, 0.3) is 0 Å². The second-order valence-corrected chi connectivity index (χ2v) is 14.9. The van der Waals surface area contributed by atoms with Crippen molar-refractivity contribution in [2.24, 2.45) is 5.41 Å². The number of furan rings is 1. The molecular weight excluding hydrogens is 684 g/mol. The number of hydrogen-bond acceptors (Lipinski definition) is 8. The minimum Gasteiger partial charge on any atom is -0.497 e. The van der Waals surface area contributed by atoms with E-state index in [-0.39, 0.29) is 36.6 Å². The standard InChI is InChI=1S/C44H52N2O8/c1-29-8-6-21-43(2)38(36-19-11-30(24-33(47)15-10-29)25-37(36)41(48)39-9-7-23-54-39)20-22-44(43,50)28-46(27-31-12-16-35(52-4)26-40(31)53-5)42(49)45-32-13-17-34(51-3)18-14-32/h7-9,11-14,16-19,23,25-26,33,38,47,50H,6,10,15,20-22,24,27-28H2,1-5H3,(H,45,49). The Morgan fingerprint density at radius 1 is 0.944 bits per heavy atom. The fourth-order valence-electron chi connectivity index (χ4n) is 8.32. The van der Waals surface area contributed by atoms with Gasteiger partial charge in [0, 0.05) is 28.3 Å². The number of ether oxygens (including phenoxy) is 3. The van der Waals surface area contributed by atoms with Crippen molar-refractivity contribution in [2.45, 2.75) is 83.0 Å². The number of amides is 2. The van der Waals surface area contributed by atoms with Crippen LogP contribution in [0.15, 0.2) is 95.1 Å². The number of nitrogens with zero attached hydrogens (tertiary/aromatic N) is 1. The molecule has 0 saturated heterocycles. The van der Waals surface area contributed by atoms with Crippen LogP contribution in [0.3, 0.4) is 0 Å². The number of aliphatic hydroxyl groups excluding tert-OH is 1. The highest BCUT2D eigenvalue weighted by Crippen LogP contribution is 2.59. The summed E-state index contributed by atoms with van der Waals surface area (Å²) in [6.07, 6.45) is 7.18. The number of aliphatic hydroxyl groups is 2. The first-order valence-corrected chi connectivity index (χ1v) is 18.6. The van der Waals surface area contributed by atoms with Crippen LogP contribution in [0.1, 0.15) is 91.1 Å². The lowest BCUT2D eigenvalue weighted by Crippen LogP contribution is -2.54. The van der Waals surface area contributed by atoms with Crippen LogP contribution < -0.4 is 19.5 Å². The molecule has 3 aliphatic carbocycles. The molecule has 10 nitrogen and oxygen atoms in total. The summed E-state index contributed by atoms with van der Waals surface area (Å²) in [6, 6.07) is 21.4. The summed E-state index contributed by atoms with van der Waals surface area (Å²) in [7, 11) is 4.75. The van der Waals surface area contributed by atoms with E-state index in [1.165, 1.54) is 11.8 Å². The number of anilines is 1. The Morgan fingerprint density at radius 2 is 1.70 bits per heavy atom. The van der Waals surface area contributed by atoms with Gasteiger partial charge in [0.25, 0.3) is 0 Å². The zero-order chi connectivity index (χ0) is 38.5. The summed E-state index contributed by atoms with van der Waals surface area (Å²) in [5.74, 6) is 1.62. The number of hydrogen-bond donors (Lipinski definition) is 3. The first-order valence-electron chi connectivity index (χ1n) is 18.6. The van der Waals surface area contributed by atoms with E-state index in [0.717, 1.165) is 23.1 Å². The number of rotatable bonds is 10. The highest BCUT2D eigenvalue weighted by atomic mass is 16.5. The zero-order valence-corrected chi connectivity index (χ0v) is 31.9. The van der Waals surface area contributed by atoms with Crippen molar-refractivity contribution in [2.75, 3.05) is 33.2 Å². The summed E-state index contributed by atoms with van der Waals surface area (Å²) in [5.41, 5.74) is 2.60. The first-order chi connectivity index (χ1) is 26.0. The molecule has 0 aliphatic heterocycles. The second kappa shape index (κ2) is 16.5. The Balaban J connectivity index is 1.42. The van der Waals surface area contributed by atoms with Gasteiger partial charge in [-0.1, -0.05) is 30.7 Å². The van der Waals surface area contributed by atoms with Gasteiger partial charge >= 0.3 is 6.03 Å². The smallest absolute Gasteiger partial charge is 0.322 e. The lowest BCUT2D eigenvalue weighted by molar-refractivity contribution is -0.0773. The third-order valence-electron chi connectivity index (χ3n) is 11.6. The Labute approximate surface area is 317 Å². The van der Waals surface area contributed by atoms with Gasteiger partial charge in [-0.3, -0.25) is 4.79 Å². The molecule has 2 bridgehead atoms. The van der Waals surface area contributed by atoms with Crippen molar-refractivity contribution >= 4 is 17.5 Å². The fraction of sp³-hybridized carbons (Fsp3) is 0.409. The molecule has 4 aromatic rings. The molecule has 1 saturated carbocycles. The van der Waals surface area contributed by atoms with Gasteiger partial charge in [-0.05, 0) is 124 Å². The Morgan fingerprint density at radius 3 is 2.41 bits per heavy atom. The largest absolute Gasteiger partial charge is 0.497 e. The molecule has 7 rings (SSSR count). The Kier molecular flexibility index (Phi) is 11.8. The van der Waals surface area contributed by atoms with Crippen LogP contribution in [0.4, 0.5) is 10.5 Å². The van der Waals surface area contributed by atoms with Crippen molar-refractivity contribution in [3.8, 4) is 17.2 Å². The molecule has 10 heteroatoms. The highest BCUT2D eigenvalue weighted by Gasteiger charge is 2.57. The van der Waals surface area contributed by atoms with E-state index in [1.807, 2.05) is 30.3 Å². The molecule has 3 N–H and O–H groups in total. The summed E-state index contributed by atoms with van der Waals surface area (Å²) in [5, 5.41) is 27.1. The minimum absolute atomic E-state index is 0.0195. The van der Waals surface area contributed by atoms with Crippen molar-refractivity contribution in [1.29, 1.82) is 0 Å². The molecule has 54 heavy (non-hydrogen) atoms. The van der Waals surface area contributed by atoms with Crippen molar-refractivity contribution in [3.05, 3.63) is 119 Å². The molecule has 4 unspecified atom stereocenters. The number of urea groups is 1. The van der Waals surface area contributed by atoms with E-state index in [1.54, 1.807) is 68.7 Å². The van der Waals surface area contributed by atoms with E-state index in [4.69, 9.17) is 18.6 Å². The summed E-state index contributed by atoms with van der Waals surface area (Å²) >= 11 is 0. The van der Waals surface area contributed by atoms with Gasteiger partial charge in [0.1, 0.15) is 17.2 Å². The van der Waals surface area contributed by atoms with Crippen LogP contribution >= 0.6 is 0 Å². The molecule has 0 spiro atoms. The maximum Gasteiger partial charge on any atom is 0.322 e. The molecule has 1 fully saturated rings.